The van der Waals surface area contributed by atoms with Crippen molar-refractivity contribution in [2.24, 2.45) is 52.3 Å². The number of rotatable bonds is 7. The van der Waals surface area contributed by atoms with Crippen LogP contribution in [0.15, 0.2) is 0 Å². The molecule has 0 bridgehead atoms. The van der Waals surface area contributed by atoms with E-state index in [2.05, 4.69) is 37.7 Å². The summed E-state index contributed by atoms with van der Waals surface area (Å²) in [6, 6.07) is -0.675. The van der Waals surface area contributed by atoms with Gasteiger partial charge < -0.3 is 20.3 Å². The predicted molar refractivity (Wildman–Crippen MR) is 153 cm³/mol. The molecule has 5 rings (SSSR count). The maximum absolute atomic E-state index is 12.5. The molecule has 11 atom stereocenters. The lowest BCUT2D eigenvalue weighted by Crippen LogP contribution is -2.62. The van der Waals surface area contributed by atoms with Crippen LogP contribution in [0, 0.1) is 52.3 Å². The highest BCUT2D eigenvalue weighted by molar-refractivity contribution is 7.87. The summed E-state index contributed by atoms with van der Waals surface area (Å²) in [7, 11) is -3.86. The van der Waals surface area contributed by atoms with E-state index < -0.39 is 16.2 Å². The van der Waals surface area contributed by atoms with Gasteiger partial charge >= 0.3 is 16.2 Å². The van der Waals surface area contributed by atoms with Gasteiger partial charge in [0, 0.05) is 19.6 Å². The van der Waals surface area contributed by atoms with Gasteiger partial charge in [-0.1, -0.05) is 34.1 Å². The van der Waals surface area contributed by atoms with Crippen LogP contribution in [0.25, 0.3) is 0 Å². The van der Waals surface area contributed by atoms with Crippen molar-refractivity contribution in [2.45, 2.75) is 97.7 Å². The molecule has 40 heavy (non-hydrogen) atoms. The Morgan fingerprint density at radius 1 is 1.02 bits per heavy atom. The standard InChI is InChI=1S/C30H53N3O6S/c1-5-21-25-18-20(34)8-11-30(25,4)24-9-12-29(3)22(6-7-23(29)26(24)27(21)35)19(2)10-13-31-28(36)32-40(37,38)33-14-16-39-17-15-33/h19-27,34-35H,5-18H2,1-4H3,(H2,31,32,36)/t19-,20-,21-,22-,23+,24+,25?,26+,27-,29-,30-/m1/s1. The smallest absolute Gasteiger partial charge is 0.329 e. The fourth-order valence-electron chi connectivity index (χ4n) is 10.6. The van der Waals surface area contributed by atoms with E-state index in [1.807, 2.05) is 0 Å². The molecule has 9 nitrogen and oxygen atoms in total. The first-order valence-electron chi connectivity index (χ1n) is 15.9. The maximum Gasteiger partial charge on any atom is 0.329 e. The summed E-state index contributed by atoms with van der Waals surface area (Å²) >= 11 is 0. The van der Waals surface area contributed by atoms with Gasteiger partial charge in [-0.2, -0.15) is 12.7 Å². The second-order valence-corrected chi connectivity index (χ2v) is 15.9. The maximum atomic E-state index is 12.5. The number of hydrogen-bond acceptors (Lipinski definition) is 6. The molecule has 4 saturated carbocycles. The van der Waals surface area contributed by atoms with Crippen molar-refractivity contribution in [2.75, 3.05) is 32.8 Å². The van der Waals surface area contributed by atoms with Crippen LogP contribution in [0.2, 0.25) is 0 Å². The zero-order chi connectivity index (χ0) is 28.9. The molecule has 4 aliphatic carbocycles. The minimum absolute atomic E-state index is 0.166. The van der Waals surface area contributed by atoms with Gasteiger partial charge in [0.25, 0.3) is 0 Å². The first kappa shape index (κ1) is 30.5. The van der Waals surface area contributed by atoms with Crippen LogP contribution in [0.3, 0.4) is 0 Å². The molecule has 5 aliphatic rings. The van der Waals surface area contributed by atoms with Crippen molar-refractivity contribution in [3.05, 3.63) is 0 Å². The lowest BCUT2D eigenvalue weighted by Gasteiger charge is -2.64. The molecular formula is C30H53N3O6S. The second kappa shape index (κ2) is 11.6. The Balaban J connectivity index is 1.21. The number of morpholine rings is 1. The van der Waals surface area contributed by atoms with Crippen LogP contribution in [0.4, 0.5) is 4.79 Å². The molecule has 0 aromatic rings. The number of aliphatic hydroxyl groups is 2. The third-order valence-corrected chi connectivity index (χ3v) is 14.1. The summed E-state index contributed by atoms with van der Waals surface area (Å²) in [6.45, 7) is 11.0. The molecular weight excluding hydrogens is 530 g/mol. The van der Waals surface area contributed by atoms with Crippen molar-refractivity contribution >= 4 is 16.2 Å². The molecule has 5 fully saturated rings. The van der Waals surface area contributed by atoms with E-state index in [9.17, 15) is 23.4 Å². The number of nitrogens with one attached hydrogen (secondary N) is 2. The van der Waals surface area contributed by atoms with Crippen molar-refractivity contribution in [1.82, 2.24) is 14.3 Å². The van der Waals surface area contributed by atoms with Crippen LogP contribution < -0.4 is 10.0 Å². The summed E-state index contributed by atoms with van der Waals surface area (Å²) in [4.78, 5) is 12.4. The number of carbonyl (C=O) groups excluding carboxylic acids is 1. The lowest BCUT2D eigenvalue weighted by molar-refractivity contribution is -0.203. The molecule has 0 aromatic heterocycles. The van der Waals surface area contributed by atoms with Gasteiger partial charge in [0.1, 0.15) is 0 Å². The summed E-state index contributed by atoms with van der Waals surface area (Å²) < 4.78 is 33.6. The minimum atomic E-state index is -3.86. The van der Waals surface area contributed by atoms with Crippen molar-refractivity contribution in [1.29, 1.82) is 0 Å². The van der Waals surface area contributed by atoms with E-state index >= 15 is 0 Å². The number of ether oxygens (including phenoxy) is 1. The van der Waals surface area contributed by atoms with Crippen LogP contribution in [0.1, 0.15) is 85.5 Å². The van der Waals surface area contributed by atoms with Crippen LogP contribution in [-0.4, -0.2) is 74.0 Å². The molecule has 4 N–H and O–H groups in total. The van der Waals surface area contributed by atoms with E-state index in [0.29, 0.717) is 55.3 Å². The summed E-state index contributed by atoms with van der Waals surface area (Å²) in [5.74, 6) is 2.92. The molecule has 1 saturated heterocycles. The first-order valence-corrected chi connectivity index (χ1v) is 17.4. The highest BCUT2D eigenvalue weighted by Gasteiger charge is 2.64. The number of hydrogen-bond donors (Lipinski definition) is 4. The van der Waals surface area contributed by atoms with Gasteiger partial charge in [-0.15, -0.1) is 0 Å². The van der Waals surface area contributed by atoms with Crippen molar-refractivity contribution in [3.8, 4) is 0 Å². The zero-order valence-electron chi connectivity index (χ0n) is 25.0. The van der Waals surface area contributed by atoms with Crippen LogP contribution in [-0.2, 0) is 14.9 Å². The minimum Gasteiger partial charge on any atom is -0.393 e. The number of aliphatic hydroxyl groups excluding tert-OH is 2. The number of amides is 2. The SMILES string of the molecule is CC[C@@H]1C2C[C@H](O)CC[C@]2(C)[C@H]2CC[C@]3(C)[C@@H]([C@H](C)CCNC(=O)NS(=O)(=O)N4CCOCC4)CC[C@H]3[C@@H]2[C@@H]1O. The van der Waals surface area contributed by atoms with E-state index in [0.717, 1.165) is 51.4 Å². The monoisotopic (exact) mass is 583 g/mol. The average molecular weight is 584 g/mol. The van der Waals surface area contributed by atoms with Crippen molar-refractivity contribution < 1.29 is 28.2 Å². The van der Waals surface area contributed by atoms with Gasteiger partial charge in [-0.3, -0.25) is 0 Å². The Morgan fingerprint density at radius 3 is 2.40 bits per heavy atom. The highest BCUT2D eigenvalue weighted by Crippen LogP contribution is 2.69. The van der Waals surface area contributed by atoms with Crippen molar-refractivity contribution in [3.63, 3.8) is 0 Å². The fourth-order valence-corrected chi connectivity index (χ4v) is 11.6. The van der Waals surface area contributed by atoms with Gasteiger partial charge in [-0.25, -0.2) is 9.52 Å². The molecule has 0 radical (unpaired) electrons. The number of fused-ring (bicyclic) bond motifs is 5. The molecule has 10 heteroatoms. The van der Waals surface area contributed by atoms with Crippen LogP contribution >= 0.6 is 0 Å². The molecule has 0 spiro atoms. The Hall–Kier alpha value is -0.940. The van der Waals surface area contributed by atoms with E-state index in [1.54, 1.807) is 0 Å². The fraction of sp³-hybridized carbons (Fsp3) is 0.967. The first-order chi connectivity index (χ1) is 18.9. The molecule has 1 heterocycles. The Labute approximate surface area is 241 Å². The normalized spacial score (nSPS) is 44.6. The topological polar surface area (TPSA) is 128 Å². The summed E-state index contributed by atoms with van der Waals surface area (Å²) in [5, 5.41) is 25.2. The van der Waals surface area contributed by atoms with E-state index in [-0.39, 0.29) is 42.0 Å². The molecule has 230 valence electrons. The summed E-state index contributed by atoms with van der Waals surface area (Å²) in [6.07, 6.45) is 8.66. The largest absolute Gasteiger partial charge is 0.393 e. The molecule has 0 aromatic carbocycles. The Morgan fingerprint density at radius 2 is 1.70 bits per heavy atom. The molecule has 2 amide bonds. The number of urea groups is 1. The van der Waals surface area contributed by atoms with Gasteiger partial charge in [0.05, 0.1) is 25.4 Å². The average Bonchev–Trinajstić information content (AvgIpc) is 3.27. The molecule has 1 aliphatic heterocycles. The third kappa shape index (κ3) is 5.33. The predicted octanol–water partition coefficient (Wildman–Crippen LogP) is 3.52. The molecule has 1 unspecified atom stereocenters. The highest BCUT2D eigenvalue weighted by atomic mass is 32.2. The lowest BCUT2D eigenvalue weighted by atomic mass is 9.41. The van der Waals surface area contributed by atoms with Gasteiger partial charge in [-0.05, 0) is 104 Å². The van der Waals surface area contributed by atoms with Gasteiger partial charge in [0.2, 0.25) is 0 Å². The number of carbonyl (C=O) groups is 1. The quantitative estimate of drug-likeness (QED) is 0.363. The Bertz CT molecular complexity index is 1020. The second-order valence-electron chi connectivity index (χ2n) is 14.3. The zero-order valence-corrected chi connectivity index (χ0v) is 25.8. The third-order valence-electron chi connectivity index (χ3n) is 12.6. The van der Waals surface area contributed by atoms with Gasteiger partial charge in [0.15, 0.2) is 0 Å². The Kier molecular flexibility index (Phi) is 8.87. The summed E-state index contributed by atoms with van der Waals surface area (Å²) in [5.41, 5.74) is 0.368. The van der Waals surface area contributed by atoms with E-state index in [4.69, 9.17) is 4.74 Å². The van der Waals surface area contributed by atoms with E-state index in [1.165, 1.54) is 10.7 Å². The number of nitrogens with zero attached hydrogens (tertiary/aromatic N) is 1. The van der Waals surface area contributed by atoms with Crippen LogP contribution in [0.5, 0.6) is 0 Å².